The summed E-state index contributed by atoms with van der Waals surface area (Å²) in [7, 11) is 1.58. The summed E-state index contributed by atoms with van der Waals surface area (Å²) in [6.07, 6.45) is 0.523. The zero-order chi connectivity index (χ0) is 16.8. The molecule has 0 aliphatic carbocycles. The molecule has 2 aromatic rings. The highest BCUT2D eigenvalue weighted by atomic mass is 19.1. The van der Waals surface area contributed by atoms with E-state index in [9.17, 15) is 19.1 Å². The number of carbonyl (C=O) groups is 1. The average Bonchev–Trinajstić information content (AvgIpc) is 2.53. The van der Waals surface area contributed by atoms with Crippen LogP contribution in [0.2, 0.25) is 0 Å². The largest absolute Gasteiger partial charge is 0.491 e. The lowest BCUT2D eigenvalue weighted by Gasteiger charge is -2.13. The number of amides is 1. The second kappa shape index (κ2) is 7.55. The number of nitrogens with zero attached hydrogens (tertiary/aromatic N) is 1. The predicted octanol–water partition coefficient (Wildman–Crippen LogP) is 0.694. The number of aliphatic hydroxyl groups excluding tert-OH is 1. The summed E-state index contributed by atoms with van der Waals surface area (Å²) in [6, 6.07) is 8.26. The minimum Gasteiger partial charge on any atom is -0.491 e. The van der Waals surface area contributed by atoms with Crippen molar-refractivity contribution in [2.24, 2.45) is 7.05 Å². The van der Waals surface area contributed by atoms with Crippen molar-refractivity contribution >= 4 is 5.91 Å². The van der Waals surface area contributed by atoms with Crippen LogP contribution in [0, 0.1) is 5.82 Å². The Labute approximate surface area is 132 Å². The molecule has 2 N–H and O–H groups in total. The Kier molecular flexibility index (Phi) is 5.48. The molecule has 23 heavy (non-hydrogen) atoms. The van der Waals surface area contributed by atoms with Crippen LogP contribution in [0.25, 0.3) is 0 Å². The van der Waals surface area contributed by atoms with Gasteiger partial charge in [-0.2, -0.15) is 0 Å². The van der Waals surface area contributed by atoms with Crippen LogP contribution in [0.3, 0.4) is 0 Å². The second-order valence-electron chi connectivity index (χ2n) is 5.00. The van der Waals surface area contributed by atoms with Crippen LogP contribution in [-0.4, -0.2) is 34.8 Å². The zero-order valence-electron chi connectivity index (χ0n) is 12.5. The number of benzene rings is 1. The van der Waals surface area contributed by atoms with E-state index < -0.39 is 17.8 Å². The van der Waals surface area contributed by atoms with E-state index in [0.717, 1.165) is 0 Å². The molecule has 7 heteroatoms. The highest BCUT2D eigenvalue weighted by molar-refractivity contribution is 5.93. The maximum absolute atomic E-state index is 13.0. The van der Waals surface area contributed by atoms with Crippen LogP contribution >= 0.6 is 0 Å². The Morgan fingerprint density at radius 2 is 2.17 bits per heavy atom. The molecule has 1 amide bonds. The molecule has 0 saturated heterocycles. The summed E-state index contributed by atoms with van der Waals surface area (Å²) >= 11 is 0. The summed E-state index contributed by atoms with van der Waals surface area (Å²) < 4.78 is 19.5. The van der Waals surface area contributed by atoms with E-state index in [0.29, 0.717) is 5.75 Å². The van der Waals surface area contributed by atoms with Gasteiger partial charge in [0.15, 0.2) is 0 Å². The first-order valence-corrected chi connectivity index (χ1v) is 6.97. The first-order chi connectivity index (χ1) is 11.0. The summed E-state index contributed by atoms with van der Waals surface area (Å²) in [5.74, 6) is -0.606. The van der Waals surface area contributed by atoms with Gasteiger partial charge in [0.25, 0.3) is 11.5 Å². The third-order valence-corrected chi connectivity index (χ3v) is 3.10. The van der Waals surface area contributed by atoms with Gasteiger partial charge in [0.1, 0.15) is 24.3 Å². The molecule has 0 fully saturated rings. The minimum atomic E-state index is -0.964. The van der Waals surface area contributed by atoms with Crippen molar-refractivity contribution in [3.8, 4) is 5.75 Å². The first kappa shape index (κ1) is 16.7. The molecule has 1 atom stereocenters. The number of aromatic nitrogens is 1. The fraction of sp³-hybridized carbons (Fsp3) is 0.250. The van der Waals surface area contributed by atoms with Gasteiger partial charge in [-0.25, -0.2) is 4.39 Å². The third-order valence-electron chi connectivity index (χ3n) is 3.10. The molecule has 0 spiro atoms. The molecule has 0 aliphatic rings. The van der Waals surface area contributed by atoms with Crippen molar-refractivity contribution in [2.45, 2.75) is 6.10 Å². The summed E-state index contributed by atoms with van der Waals surface area (Å²) in [4.78, 5) is 23.3. The fourth-order valence-electron chi connectivity index (χ4n) is 1.81. The number of ether oxygens (including phenoxy) is 1. The fourth-order valence-corrected chi connectivity index (χ4v) is 1.81. The van der Waals surface area contributed by atoms with Crippen LogP contribution in [0.5, 0.6) is 5.75 Å². The van der Waals surface area contributed by atoms with E-state index >= 15 is 0 Å². The van der Waals surface area contributed by atoms with Gasteiger partial charge >= 0.3 is 0 Å². The molecule has 1 heterocycles. The molecule has 1 unspecified atom stereocenters. The average molecular weight is 320 g/mol. The van der Waals surface area contributed by atoms with Gasteiger partial charge in [0, 0.05) is 37.5 Å². The highest BCUT2D eigenvalue weighted by Crippen LogP contribution is 2.11. The molecule has 0 saturated carbocycles. The van der Waals surface area contributed by atoms with E-state index in [2.05, 4.69) is 5.32 Å². The van der Waals surface area contributed by atoms with Crippen LogP contribution in [0.1, 0.15) is 10.4 Å². The number of hydrogen-bond donors (Lipinski definition) is 2. The van der Waals surface area contributed by atoms with Crippen LogP contribution in [0.15, 0.2) is 47.4 Å². The Hall–Kier alpha value is -2.67. The second-order valence-corrected chi connectivity index (χ2v) is 5.00. The standard InChI is InChI=1S/C16H17FN2O4/c1-19-6-5-11(7-15(19)21)16(22)18-9-13(20)10-23-14-4-2-3-12(17)8-14/h2-8,13,20H,9-10H2,1H3,(H,18,22). The molecule has 122 valence electrons. The monoisotopic (exact) mass is 320 g/mol. The third kappa shape index (κ3) is 4.93. The quantitative estimate of drug-likeness (QED) is 0.821. The number of hydrogen-bond acceptors (Lipinski definition) is 4. The van der Waals surface area contributed by atoms with E-state index in [1.807, 2.05) is 0 Å². The van der Waals surface area contributed by atoms with Crippen molar-refractivity contribution in [2.75, 3.05) is 13.2 Å². The lowest BCUT2D eigenvalue weighted by molar-refractivity contribution is 0.0843. The van der Waals surface area contributed by atoms with Gasteiger partial charge in [0.05, 0.1) is 0 Å². The molecule has 2 rings (SSSR count). The number of rotatable bonds is 6. The smallest absolute Gasteiger partial charge is 0.251 e. The number of halogens is 1. The van der Waals surface area contributed by atoms with Crippen LogP contribution in [-0.2, 0) is 7.05 Å². The lowest BCUT2D eigenvalue weighted by atomic mass is 10.2. The molecule has 1 aromatic carbocycles. The molecule has 6 nitrogen and oxygen atoms in total. The summed E-state index contributed by atoms with van der Waals surface area (Å²) in [5, 5.41) is 12.3. The van der Waals surface area contributed by atoms with E-state index in [1.54, 1.807) is 13.1 Å². The van der Waals surface area contributed by atoms with Gasteiger partial charge in [-0.1, -0.05) is 6.07 Å². The van der Waals surface area contributed by atoms with Crippen molar-refractivity contribution in [3.63, 3.8) is 0 Å². The lowest BCUT2D eigenvalue weighted by Crippen LogP contribution is -2.35. The molecule has 0 radical (unpaired) electrons. The maximum Gasteiger partial charge on any atom is 0.251 e. The molecular weight excluding hydrogens is 303 g/mol. The van der Waals surface area contributed by atoms with E-state index in [4.69, 9.17) is 4.74 Å². The Morgan fingerprint density at radius 1 is 1.39 bits per heavy atom. The summed E-state index contributed by atoms with van der Waals surface area (Å²) in [6.45, 7) is -0.149. The van der Waals surface area contributed by atoms with Crippen molar-refractivity contribution < 1.29 is 19.0 Å². The molecule has 0 bridgehead atoms. The van der Waals surface area contributed by atoms with Crippen molar-refractivity contribution in [3.05, 3.63) is 64.3 Å². The predicted molar refractivity (Wildman–Crippen MR) is 81.9 cm³/mol. The normalized spacial score (nSPS) is 11.8. The Morgan fingerprint density at radius 3 is 2.87 bits per heavy atom. The highest BCUT2D eigenvalue weighted by Gasteiger charge is 2.10. The van der Waals surface area contributed by atoms with Gasteiger partial charge in [0.2, 0.25) is 0 Å². The van der Waals surface area contributed by atoms with Gasteiger partial charge in [-0.05, 0) is 18.2 Å². The molecule has 1 aromatic heterocycles. The minimum absolute atomic E-state index is 0.0522. The van der Waals surface area contributed by atoms with Gasteiger partial charge in [-0.3, -0.25) is 9.59 Å². The number of pyridine rings is 1. The van der Waals surface area contributed by atoms with Crippen molar-refractivity contribution in [1.82, 2.24) is 9.88 Å². The summed E-state index contributed by atoms with van der Waals surface area (Å²) in [5.41, 5.74) is -0.0843. The number of carbonyl (C=O) groups excluding carboxylic acids is 1. The Balaban J connectivity index is 1.81. The number of aliphatic hydroxyl groups is 1. The SMILES string of the molecule is Cn1ccc(C(=O)NCC(O)COc2cccc(F)c2)cc1=O. The number of nitrogens with one attached hydrogen (secondary N) is 1. The topological polar surface area (TPSA) is 80.6 Å². The molecular formula is C16H17FN2O4. The maximum atomic E-state index is 13.0. The Bertz CT molecular complexity index is 745. The van der Waals surface area contributed by atoms with Gasteiger partial charge < -0.3 is 19.7 Å². The van der Waals surface area contributed by atoms with E-state index in [-0.39, 0.29) is 24.3 Å². The number of aryl methyl sites for hydroxylation is 1. The van der Waals surface area contributed by atoms with Crippen molar-refractivity contribution in [1.29, 1.82) is 0 Å². The first-order valence-electron chi connectivity index (χ1n) is 6.97. The van der Waals surface area contributed by atoms with E-state index in [1.165, 1.54) is 41.1 Å². The van der Waals surface area contributed by atoms with Crippen LogP contribution in [0.4, 0.5) is 4.39 Å². The van der Waals surface area contributed by atoms with Gasteiger partial charge in [-0.15, -0.1) is 0 Å². The van der Waals surface area contributed by atoms with Crippen LogP contribution < -0.4 is 15.6 Å². The zero-order valence-corrected chi connectivity index (χ0v) is 12.5. The molecule has 0 aliphatic heterocycles.